The van der Waals surface area contributed by atoms with Crippen molar-refractivity contribution in [3.8, 4) is 11.5 Å². The van der Waals surface area contributed by atoms with Gasteiger partial charge in [0.15, 0.2) is 17.2 Å². The van der Waals surface area contributed by atoms with Gasteiger partial charge in [-0.2, -0.15) is 8.75 Å². The van der Waals surface area contributed by atoms with E-state index < -0.39 is 0 Å². The summed E-state index contributed by atoms with van der Waals surface area (Å²) >= 11 is 1.06. The highest BCUT2D eigenvalue weighted by atomic mass is 32.1. The molecule has 1 saturated carbocycles. The molecule has 0 atom stereocenters. The number of rotatable bonds is 7. The Bertz CT molecular complexity index is 728. The number of benzene rings is 1. The van der Waals surface area contributed by atoms with Crippen LogP contribution in [-0.4, -0.2) is 38.8 Å². The summed E-state index contributed by atoms with van der Waals surface area (Å²) in [6.45, 7) is 4.49. The molecule has 140 valence electrons. The summed E-state index contributed by atoms with van der Waals surface area (Å²) in [6.07, 6.45) is 6.00. The van der Waals surface area contributed by atoms with Gasteiger partial charge in [-0.1, -0.05) is 18.9 Å². The summed E-state index contributed by atoms with van der Waals surface area (Å²) in [5.41, 5.74) is 1.44. The minimum atomic E-state index is -0.0483. The SMILES string of the molecule is COc1ccc(CN(C(=O)c2cnsn2)C2CCCC2)cc1OC(C)C. The molecule has 0 saturated heterocycles. The van der Waals surface area contributed by atoms with E-state index in [0.717, 1.165) is 43.0 Å². The minimum Gasteiger partial charge on any atom is -0.493 e. The fraction of sp³-hybridized carbons (Fsp3) is 0.526. The molecule has 0 aliphatic heterocycles. The number of carbonyl (C=O) groups excluding carboxylic acids is 1. The van der Waals surface area contributed by atoms with E-state index in [2.05, 4.69) is 8.75 Å². The third kappa shape index (κ3) is 4.33. The standard InChI is InChI=1S/C19H25N3O3S/c1-13(2)25-18-10-14(8-9-17(18)24-3)12-22(15-6-4-5-7-15)19(23)16-11-20-26-21-16/h8-11,13,15H,4-7,12H2,1-3H3. The fourth-order valence-corrected chi connectivity index (χ4v) is 3.76. The lowest BCUT2D eigenvalue weighted by molar-refractivity contribution is 0.0659. The highest BCUT2D eigenvalue weighted by Crippen LogP contribution is 2.31. The molecule has 0 bridgehead atoms. The largest absolute Gasteiger partial charge is 0.493 e. The van der Waals surface area contributed by atoms with E-state index >= 15 is 0 Å². The Kier molecular flexibility index (Phi) is 6.08. The Morgan fingerprint density at radius 3 is 2.69 bits per heavy atom. The van der Waals surface area contributed by atoms with Crippen LogP contribution in [-0.2, 0) is 6.54 Å². The van der Waals surface area contributed by atoms with Gasteiger partial charge in [0, 0.05) is 12.6 Å². The van der Waals surface area contributed by atoms with Gasteiger partial charge in [-0.05, 0) is 44.4 Å². The number of amides is 1. The Balaban J connectivity index is 1.85. The van der Waals surface area contributed by atoms with Gasteiger partial charge in [0.1, 0.15) is 0 Å². The topological polar surface area (TPSA) is 64.5 Å². The zero-order valence-corrected chi connectivity index (χ0v) is 16.3. The first kappa shape index (κ1) is 18.6. The van der Waals surface area contributed by atoms with Crippen molar-refractivity contribution in [1.82, 2.24) is 13.6 Å². The van der Waals surface area contributed by atoms with E-state index in [1.165, 1.54) is 0 Å². The molecule has 1 aliphatic carbocycles. The van der Waals surface area contributed by atoms with Gasteiger partial charge in [0.25, 0.3) is 5.91 Å². The maximum absolute atomic E-state index is 13.0. The van der Waals surface area contributed by atoms with Crippen LogP contribution in [0.15, 0.2) is 24.4 Å². The van der Waals surface area contributed by atoms with Crippen LogP contribution in [0, 0.1) is 0 Å². The molecule has 1 aliphatic rings. The smallest absolute Gasteiger partial charge is 0.275 e. The van der Waals surface area contributed by atoms with Gasteiger partial charge in [0.2, 0.25) is 0 Å². The predicted octanol–water partition coefficient (Wildman–Crippen LogP) is 3.92. The van der Waals surface area contributed by atoms with Gasteiger partial charge >= 0.3 is 0 Å². The van der Waals surface area contributed by atoms with E-state index in [0.29, 0.717) is 23.7 Å². The first-order chi connectivity index (χ1) is 12.6. The first-order valence-electron chi connectivity index (χ1n) is 9.00. The Morgan fingerprint density at radius 2 is 2.08 bits per heavy atom. The molecule has 26 heavy (non-hydrogen) atoms. The zero-order valence-electron chi connectivity index (χ0n) is 15.5. The van der Waals surface area contributed by atoms with E-state index in [-0.39, 0.29) is 18.1 Å². The normalized spacial score (nSPS) is 14.6. The van der Waals surface area contributed by atoms with Crippen molar-refractivity contribution >= 4 is 17.6 Å². The molecule has 1 aromatic carbocycles. The molecular weight excluding hydrogens is 350 g/mol. The maximum atomic E-state index is 13.0. The molecule has 0 radical (unpaired) electrons. The number of methoxy groups -OCH3 is 1. The van der Waals surface area contributed by atoms with E-state index in [4.69, 9.17) is 9.47 Å². The van der Waals surface area contributed by atoms with Crippen LogP contribution >= 0.6 is 11.7 Å². The van der Waals surface area contributed by atoms with Gasteiger partial charge in [-0.25, -0.2) is 0 Å². The number of hydrogen-bond acceptors (Lipinski definition) is 6. The maximum Gasteiger partial charge on any atom is 0.275 e. The van der Waals surface area contributed by atoms with E-state index in [9.17, 15) is 4.79 Å². The summed E-state index contributed by atoms with van der Waals surface area (Å²) in [5, 5.41) is 0. The monoisotopic (exact) mass is 375 g/mol. The molecule has 0 N–H and O–H groups in total. The lowest BCUT2D eigenvalue weighted by Crippen LogP contribution is -2.38. The highest BCUT2D eigenvalue weighted by molar-refractivity contribution is 6.99. The van der Waals surface area contributed by atoms with Gasteiger partial charge in [0.05, 0.1) is 31.1 Å². The molecule has 6 nitrogen and oxygen atoms in total. The van der Waals surface area contributed by atoms with E-state index in [1.807, 2.05) is 36.9 Å². The number of nitrogens with zero attached hydrogens (tertiary/aromatic N) is 3. The van der Waals surface area contributed by atoms with E-state index in [1.54, 1.807) is 13.3 Å². The van der Waals surface area contributed by atoms with Crippen molar-refractivity contribution in [3.63, 3.8) is 0 Å². The van der Waals surface area contributed by atoms with Crippen LogP contribution in [0.5, 0.6) is 11.5 Å². The number of ether oxygens (including phenoxy) is 2. The van der Waals surface area contributed by atoms with Crippen LogP contribution in [0.2, 0.25) is 0 Å². The molecule has 1 heterocycles. The second-order valence-electron chi connectivity index (χ2n) is 6.82. The molecule has 7 heteroatoms. The van der Waals surface area contributed by atoms with Crippen LogP contribution in [0.1, 0.15) is 55.6 Å². The fourth-order valence-electron chi connectivity index (χ4n) is 3.35. The predicted molar refractivity (Wildman–Crippen MR) is 101 cm³/mol. The second-order valence-corrected chi connectivity index (χ2v) is 7.37. The Morgan fingerprint density at radius 1 is 1.31 bits per heavy atom. The van der Waals surface area contributed by atoms with Crippen molar-refractivity contribution in [2.75, 3.05) is 7.11 Å². The highest BCUT2D eigenvalue weighted by Gasteiger charge is 2.29. The van der Waals surface area contributed by atoms with Gasteiger partial charge in [-0.3, -0.25) is 4.79 Å². The van der Waals surface area contributed by atoms with Gasteiger partial charge in [-0.15, -0.1) is 0 Å². The van der Waals surface area contributed by atoms with Crippen LogP contribution in [0.25, 0.3) is 0 Å². The quantitative estimate of drug-likeness (QED) is 0.734. The Hall–Kier alpha value is -2.15. The summed E-state index contributed by atoms with van der Waals surface area (Å²) in [7, 11) is 1.63. The summed E-state index contributed by atoms with van der Waals surface area (Å²) in [4.78, 5) is 14.9. The van der Waals surface area contributed by atoms with Crippen molar-refractivity contribution in [3.05, 3.63) is 35.7 Å². The summed E-state index contributed by atoms with van der Waals surface area (Å²) in [5.74, 6) is 1.35. The molecule has 2 aromatic rings. The third-order valence-electron chi connectivity index (χ3n) is 4.55. The van der Waals surface area contributed by atoms with Crippen LogP contribution in [0.4, 0.5) is 0 Å². The molecule has 0 unspecified atom stereocenters. The first-order valence-corrected chi connectivity index (χ1v) is 9.73. The van der Waals surface area contributed by atoms with Crippen molar-refractivity contribution < 1.29 is 14.3 Å². The lowest BCUT2D eigenvalue weighted by Gasteiger charge is -2.28. The molecule has 0 spiro atoms. The van der Waals surface area contributed by atoms with Crippen LogP contribution in [0.3, 0.4) is 0 Å². The lowest BCUT2D eigenvalue weighted by atomic mass is 10.1. The number of hydrogen-bond donors (Lipinski definition) is 0. The second kappa shape index (κ2) is 8.49. The molecule has 1 aromatic heterocycles. The van der Waals surface area contributed by atoms with Gasteiger partial charge < -0.3 is 14.4 Å². The van der Waals surface area contributed by atoms with Crippen LogP contribution < -0.4 is 9.47 Å². The number of carbonyl (C=O) groups is 1. The van der Waals surface area contributed by atoms with Crippen molar-refractivity contribution in [2.24, 2.45) is 0 Å². The summed E-state index contributed by atoms with van der Waals surface area (Å²) < 4.78 is 19.4. The average Bonchev–Trinajstić information content (AvgIpc) is 3.32. The molecule has 3 rings (SSSR count). The van der Waals surface area contributed by atoms with Crippen molar-refractivity contribution in [1.29, 1.82) is 0 Å². The Labute approximate surface area is 158 Å². The average molecular weight is 375 g/mol. The molecular formula is C19H25N3O3S. The minimum absolute atomic E-state index is 0.0483. The number of aromatic nitrogens is 2. The third-order valence-corrected chi connectivity index (χ3v) is 5.03. The summed E-state index contributed by atoms with van der Waals surface area (Å²) in [6, 6.07) is 6.10. The molecule has 1 fully saturated rings. The molecule has 1 amide bonds. The van der Waals surface area contributed by atoms with Crippen molar-refractivity contribution in [2.45, 2.75) is 58.2 Å². The zero-order chi connectivity index (χ0) is 18.5.